The monoisotopic (exact) mass is 242 g/mol. The Hall–Kier alpha value is -1.14. The fraction of sp³-hybridized carbons (Fsp3) is 0.600. The average Bonchev–Trinajstić information content (AvgIpc) is 2.73. The Morgan fingerprint density at radius 3 is 2.94 bits per heavy atom. The molecule has 0 amide bonds. The van der Waals surface area contributed by atoms with Gasteiger partial charge in [-0.2, -0.15) is 0 Å². The van der Waals surface area contributed by atoms with E-state index in [1.54, 1.807) is 6.92 Å². The molecular formula is C10H14N2O3S. The van der Waals surface area contributed by atoms with Crippen LogP contribution in [0.2, 0.25) is 0 Å². The number of aromatic nitrogens is 1. The molecule has 0 bridgehead atoms. The summed E-state index contributed by atoms with van der Waals surface area (Å²) in [5.41, 5.74) is 0.433. The smallest absolute Gasteiger partial charge is 0.347 e. The van der Waals surface area contributed by atoms with Gasteiger partial charge in [0.25, 0.3) is 0 Å². The molecule has 0 aromatic carbocycles. The van der Waals surface area contributed by atoms with Crippen molar-refractivity contribution in [3.8, 4) is 0 Å². The summed E-state index contributed by atoms with van der Waals surface area (Å²) in [6.07, 6.45) is 0.911. The van der Waals surface area contributed by atoms with Crippen molar-refractivity contribution < 1.29 is 14.6 Å². The van der Waals surface area contributed by atoms with E-state index < -0.39 is 5.97 Å². The van der Waals surface area contributed by atoms with Gasteiger partial charge in [0.1, 0.15) is 4.88 Å². The maximum atomic E-state index is 10.9. The number of hydrogen-bond donors (Lipinski definition) is 2. The maximum Gasteiger partial charge on any atom is 0.347 e. The first-order valence-electron chi connectivity index (χ1n) is 5.07. The molecule has 6 heteroatoms. The van der Waals surface area contributed by atoms with Crippen LogP contribution in [0.4, 0.5) is 5.13 Å². The zero-order valence-electron chi connectivity index (χ0n) is 9.24. The van der Waals surface area contributed by atoms with Gasteiger partial charge >= 0.3 is 5.97 Å². The number of carboxylic acids is 1. The second-order valence-corrected chi connectivity index (χ2v) is 5.23. The summed E-state index contributed by atoms with van der Waals surface area (Å²) in [5.74, 6) is -0.920. The van der Waals surface area contributed by atoms with Crippen LogP contribution in [-0.4, -0.2) is 34.8 Å². The molecule has 2 heterocycles. The van der Waals surface area contributed by atoms with E-state index in [2.05, 4.69) is 17.2 Å². The third kappa shape index (κ3) is 2.17. The van der Waals surface area contributed by atoms with Crippen LogP contribution in [-0.2, 0) is 4.74 Å². The van der Waals surface area contributed by atoms with Crippen molar-refractivity contribution >= 4 is 22.4 Å². The Morgan fingerprint density at radius 2 is 2.44 bits per heavy atom. The van der Waals surface area contributed by atoms with E-state index in [1.165, 1.54) is 11.3 Å². The Labute approximate surface area is 97.5 Å². The van der Waals surface area contributed by atoms with Gasteiger partial charge in [-0.25, -0.2) is 9.78 Å². The number of hydrogen-bond acceptors (Lipinski definition) is 5. The van der Waals surface area contributed by atoms with E-state index in [4.69, 9.17) is 9.84 Å². The van der Waals surface area contributed by atoms with E-state index in [1.807, 2.05) is 0 Å². The first-order valence-corrected chi connectivity index (χ1v) is 5.88. The highest BCUT2D eigenvalue weighted by Crippen LogP contribution is 2.28. The number of nitrogens with zero attached hydrogens (tertiary/aromatic N) is 1. The van der Waals surface area contributed by atoms with Crippen LogP contribution in [0.1, 0.15) is 28.7 Å². The molecule has 1 fully saturated rings. The molecule has 2 N–H and O–H groups in total. The molecule has 1 aliphatic heterocycles. The average molecular weight is 242 g/mol. The third-order valence-corrected chi connectivity index (χ3v) is 3.68. The molecule has 0 aliphatic carbocycles. The molecule has 1 saturated heterocycles. The van der Waals surface area contributed by atoms with Crippen molar-refractivity contribution in [2.75, 3.05) is 18.5 Å². The minimum atomic E-state index is -0.920. The van der Waals surface area contributed by atoms with Crippen molar-refractivity contribution in [3.63, 3.8) is 0 Å². The van der Waals surface area contributed by atoms with Gasteiger partial charge in [0.15, 0.2) is 5.13 Å². The van der Waals surface area contributed by atoms with Gasteiger partial charge in [-0.15, -0.1) is 0 Å². The molecule has 0 radical (unpaired) electrons. The zero-order chi connectivity index (χ0) is 11.8. The lowest BCUT2D eigenvalue weighted by atomic mass is 10.0. The van der Waals surface area contributed by atoms with Crippen molar-refractivity contribution in [1.82, 2.24) is 4.98 Å². The first kappa shape index (κ1) is 11.3. The Morgan fingerprint density at radius 1 is 1.69 bits per heavy atom. The van der Waals surface area contributed by atoms with Gasteiger partial charge in [0.2, 0.25) is 0 Å². The lowest BCUT2D eigenvalue weighted by Gasteiger charge is -2.22. The molecule has 1 aliphatic rings. The van der Waals surface area contributed by atoms with Crippen molar-refractivity contribution in [2.45, 2.75) is 25.8 Å². The first-order chi connectivity index (χ1) is 7.50. The van der Waals surface area contributed by atoms with Crippen molar-refractivity contribution in [3.05, 3.63) is 10.6 Å². The molecule has 1 aromatic rings. The Kier molecular flexibility index (Phi) is 2.86. The van der Waals surface area contributed by atoms with Gasteiger partial charge < -0.3 is 15.2 Å². The summed E-state index contributed by atoms with van der Waals surface area (Å²) in [4.78, 5) is 15.4. The highest BCUT2D eigenvalue weighted by atomic mass is 32.1. The molecule has 5 nitrogen and oxygen atoms in total. The third-order valence-electron chi connectivity index (χ3n) is 2.62. The van der Waals surface area contributed by atoms with Crippen LogP contribution in [0.15, 0.2) is 0 Å². The van der Waals surface area contributed by atoms with E-state index >= 15 is 0 Å². The Balaban J connectivity index is 2.16. The lowest BCUT2D eigenvalue weighted by molar-refractivity contribution is 0.0701. The molecule has 1 unspecified atom stereocenters. The van der Waals surface area contributed by atoms with Gasteiger partial charge in [0, 0.05) is 6.61 Å². The van der Waals surface area contributed by atoms with Crippen molar-refractivity contribution in [1.29, 1.82) is 0 Å². The van der Waals surface area contributed by atoms with Gasteiger partial charge in [-0.3, -0.25) is 0 Å². The second kappa shape index (κ2) is 4.03. The summed E-state index contributed by atoms with van der Waals surface area (Å²) < 4.78 is 5.31. The molecule has 1 aromatic heterocycles. The molecule has 16 heavy (non-hydrogen) atoms. The summed E-state index contributed by atoms with van der Waals surface area (Å²) in [7, 11) is 0. The van der Waals surface area contributed by atoms with Crippen LogP contribution >= 0.6 is 11.3 Å². The van der Waals surface area contributed by atoms with Crippen LogP contribution < -0.4 is 5.32 Å². The van der Waals surface area contributed by atoms with E-state index in [-0.39, 0.29) is 5.54 Å². The number of rotatable bonds is 3. The van der Waals surface area contributed by atoms with Crippen LogP contribution in [0.3, 0.4) is 0 Å². The predicted molar refractivity (Wildman–Crippen MR) is 61.3 cm³/mol. The van der Waals surface area contributed by atoms with Crippen LogP contribution in [0.5, 0.6) is 0 Å². The van der Waals surface area contributed by atoms with Gasteiger partial charge in [0.05, 0.1) is 17.8 Å². The minimum Gasteiger partial charge on any atom is -0.477 e. The standard InChI is InChI=1S/C10H14N2O3S/c1-6-7(8(13)14)16-9(11-6)12-10(2)3-4-15-5-10/h3-5H2,1-2H3,(H,11,12)(H,13,14). The lowest BCUT2D eigenvalue weighted by Crippen LogP contribution is -2.34. The number of nitrogens with one attached hydrogen (secondary N) is 1. The number of aryl methyl sites for hydroxylation is 1. The largest absolute Gasteiger partial charge is 0.477 e. The summed E-state index contributed by atoms with van der Waals surface area (Å²) in [6.45, 7) is 5.13. The van der Waals surface area contributed by atoms with E-state index in [0.29, 0.717) is 22.3 Å². The van der Waals surface area contributed by atoms with Crippen molar-refractivity contribution in [2.24, 2.45) is 0 Å². The highest BCUT2D eigenvalue weighted by Gasteiger charge is 2.30. The number of aromatic carboxylic acids is 1. The van der Waals surface area contributed by atoms with Crippen LogP contribution in [0.25, 0.3) is 0 Å². The highest BCUT2D eigenvalue weighted by molar-refractivity contribution is 7.17. The number of carboxylic acid groups (broad SMARTS) is 1. The van der Waals surface area contributed by atoms with Gasteiger partial charge in [-0.05, 0) is 20.3 Å². The maximum absolute atomic E-state index is 10.9. The molecule has 0 spiro atoms. The SMILES string of the molecule is Cc1nc(NC2(C)CCOC2)sc1C(=O)O. The fourth-order valence-electron chi connectivity index (χ4n) is 1.67. The minimum absolute atomic E-state index is 0.125. The summed E-state index contributed by atoms with van der Waals surface area (Å²) in [6, 6.07) is 0. The second-order valence-electron chi connectivity index (χ2n) is 4.23. The predicted octanol–water partition coefficient (Wildman–Crippen LogP) is 1.74. The number of anilines is 1. The van der Waals surface area contributed by atoms with E-state index in [9.17, 15) is 4.79 Å². The normalized spacial score (nSPS) is 24.6. The fourth-order valence-corrected chi connectivity index (χ4v) is 2.63. The number of carbonyl (C=O) groups is 1. The molecule has 2 rings (SSSR count). The molecule has 0 saturated carbocycles. The summed E-state index contributed by atoms with van der Waals surface area (Å²) >= 11 is 1.18. The number of ether oxygens (including phenoxy) is 1. The molecule has 1 atom stereocenters. The topological polar surface area (TPSA) is 71.5 Å². The summed E-state index contributed by atoms with van der Waals surface area (Å²) in [5, 5.41) is 12.8. The van der Waals surface area contributed by atoms with Crippen LogP contribution in [0, 0.1) is 6.92 Å². The Bertz CT molecular complexity index is 410. The molecule has 88 valence electrons. The number of thiazole rings is 1. The van der Waals surface area contributed by atoms with E-state index in [0.717, 1.165) is 13.0 Å². The molecular weight excluding hydrogens is 228 g/mol. The zero-order valence-corrected chi connectivity index (χ0v) is 10.1. The van der Waals surface area contributed by atoms with Gasteiger partial charge in [-0.1, -0.05) is 11.3 Å². The quantitative estimate of drug-likeness (QED) is 0.844.